The fourth-order valence-electron chi connectivity index (χ4n) is 3.65. The summed E-state index contributed by atoms with van der Waals surface area (Å²) in [5, 5.41) is 0. The van der Waals surface area contributed by atoms with E-state index in [9.17, 15) is 4.79 Å². The number of morpholine rings is 1. The second kappa shape index (κ2) is 6.28. The topological polar surface area (TPSA) is 38.8 Å². The minimum Gasteiger partial charge on any atom is -0.457 e. The molecule has 0 amide bonds. The van der Waals surface area contributed by atoms with Gasteiger partial charge in [-0.15, -0.1) is 0 Å². The Hall–Kier alpha value is -2.17. The summed E-state index contributed by atoms with van der Waals surface area (Å²) < 4.78 is 11.4. The van der Waals surface area contributed by atoms with Crippen LogP contribution in [0, 0.1) is 0 Å². The van der Waals surface area contributed by atoms with Crippen molar-refractivity contribution in [1.82, 2.24) is 4.90 Å². The third-order valence-electron chi connectivity index (χ3n) is 5.25. The molecule has 1 fully saturated rings. The molecule has 2 heterocycles. The summed E-state index contributed by atoms with van der Waals surface area (Å²) in [5.41, 5.74) is 2.44. The van der Waals surface area contributed by atoms with Crippen molar-refractivity contribution in [2.45, 2.75) is 25.8 Å². The first-order chi connectivity index (χ1) is 12.1. The lowest BCUT2D eigenvalue weighted by Gasteiger charge is -2.39. The summed E-state index contributed by atoms with van der Waals surface area (Å²) >= 11 is 0. The summed E-state index contributed by atoms with van der Waals surface area (Å²) in [6, 6.07) is 13.9. The standard InChI is InChI=1S/C21H23NO3/c1-21(2,22-9-11-24-12-10-22)20(23)16-7-8-19-17(14-16)13-15-5-3-4-6-18(15)25-19/h3-8,14H,9-13H2,1-2H3. The molecule has 1 saturated heterocycles. The highest BCUT2D eigenvalue weighted by atomic mass is 16.5. The number of para-hydroxylation sites is 1. The Bertz CT molecular complexity index is 807. The first-order valence-electron chi connectivity index (χ1n) is 8.82. The van der Waals surface area contributed by atoms with Crippen molar-refractivity contribution in [3.8, 4) is 11.5 Å². The molecule has 2 aromatic carbocycles. The number of fused-ring (bicyclic) bond motifs is 2. The number of rotatable bonds is 3. The Morgan fingerprint density at radius 3 is 2.52 bits per heavy atom. The van der Waals surface area contributed by atoms with Crippen LogP contribution in [0.4, 0.5) is 0 Å². The molecule has 4 heteroatoms. The molecule has 4 nitrogen and oxygen atoms in total. The van der Waals surface area contributed by atoms with Gasteiger partial charge >= 0.3 is 0 Å². The Morgan fingerprint density at radius 1 is 1.00 bits per heavy atom. The average Bonchev–Trinajstić information content (AvgIpc) is 2.66. The van der Waals surface area contributed by atoms with Gasteiger partial charge in [-0.25, -0.2) is 0 Å². The van der Waals surface area contributed by atoms with Crippen molar-refractivity contribution in [2.24, 2.45) is 0 Å². The molecule has 0 saturated carbocycles. The minimum absolute atomic E-state index is 0.149. The van der Waals surface area contributed by atoms with E-state index in [0.29, 0.717) is 13.2 Å². The Labute approximate surface area is 148 Å². The van der Waals surface area contributed by atoms with E-state index in [1.165, 1.54) is 0 Å². The van der Waals surface area contributed by atoms with Crippen LogP contribution in [0.15, 0.2) is 42.5 Å². The highest BCUT2D eigenvalue weighted by Gasteiger charge is 2.36. The van der Waals surface area contributed by atoms with Crippen LogP contribution < -0.4 is 4.74 Å². The highest BCUT2D eigenvalue weighted by molar-refractivity contribution is 6.03. The molecular weight excluding hydrogens is 314 g/mol. The number of hydrogen-bond donors (Lipinski definition) is 0. The molecule has 0 unspecified atom stereocenters. The normalized spacial score (nSPS) is 17.4. The molecule has 2 aliphatic rings. The van der Waals surface area contributed by atoms with E-state index in [2.05, 4.69) is 11.0 Å². The number of benzene rings is 2. The second-order valence-electron chi connectivity index (χ2n) is 7.20. The van der Waals surface area contributed by atoms with Gasteiger partial charge in [-0.1, -0.05) is 18.2 Å². The quantitative estimate of drug-likeness (QED) is 0.684. The first kappa shape index (κ1) is 16.3. The number of hydrogen-bond acceptors (Lipinski definition) is 4. The van der Waals surface area contributed by atoms with Crippen molar-refractivity contribution in [3.05, 3.63) is 59.2 Å². The van der Waals surface area contributed by atoms with Crippen LogP contribution >= 0.6 is 0 Å². The molecule has 0 N–H and O–H groups in total. The zero-order valence-corrected chi connectivity index (χ0v) is 14.7. The Morgan fingerprint density at radius 2 is 1.72 bits per heavy atom. The maximum atomic E-state index is 13.2. The summed E-state index contributed by atoms with van der Waals surface area (Å²) in [6.45, 7) is 6.97. The molecule has 0 aliphatic carbocycles. The number of Topliss-reactive ketones (excluding diaryl/α,β-unsaturated/α-hetero) is 1. The molecular formula is C21H23NO3. The summed E-state index contributed by atoms with van der Waals surface area (Å²) in [6.07, 6.45) is 0.796. The van der Waals surface area contributed by atoms with E-state index in [1.807, 2.05) is 50.2 Å². The molecule has 130 valence electrons. The monoisotopic (exact) mass is 337 g/mol. The van der Waals surface area contributed by atoms with E-state index in [0.717, 1.165) is 47.7 Å². The van der Waals surface area contributed by atoms with E-state index in [1.54, 1.807) is 0 Å². The van der Waals surface area contributed by atoms with Gasteiger partial charge in [0.05, 0.1) is 18.8 Å². The molecule has 0 radical (unpaired) electrons. The van der Waals surface area contributed by atoms with E-state index in [-0.39, 0.29) is 5.78 Å². The van der Waals surface area contributed by atoms with Crippen LogP contribution in [-0.2, 0) is 11.2 Å². The third-order valence-corrected chi connectivity index (χ3v) is 5.25. The summed E-state index contributed by atoms with van der Waals surface area (Å²) in [5.74, 6) is 1.90. The molecule has 0 bridgehead atoms. The lowest BCUT2D eigenvalue weighted by molar-refractivity contribution is -0.00430. The Kier molecular flexibility index (Phi) is 4.10. The van der Waals surface area contributed by atoms with Gasteiger partial charge in [-0.05, 0) is 43.7 Å². The average molecular weight is 337 g/mol. The highest BCUT2D eigenvalue weighted by Crippen LogP contribution is 2.37. The van der Waals surface area contributed by atoms with Crippen LogP contribution in [0.3, 0.4) is 0 Å². The largest absolute Gasteiger partial charge is 0.457 e. The van der Waals surface area contributed by atoms with Gasteiger partial charge in [0.2, 0.25) is 0 Å². The fraction of sp³-hybridized carbons (Fsp3) is 0.381. The van der Waals surface area contributed by atoms with Crippen LogP contribution in [0.2, 0.25) is 0 Å². The molecule has 0 atom stereocenters. The van der Waals surface area contributed by atoms with Crippen molar-refractivity contribution >= 4 is 5.78 Å². The van der Waals surface area contributed by atoms with Gasteiger partial charge < -0.3 is 9.47 Å². The van der Waals surface area contributed by atoms with Gasteiger partial charge in [0, 0.05) is 30.6 Å². The summed E-state index contributed by atoms with van der Waals surface area (Å²) in [4.78, 5) is 15.4. The summed E-state index contributed by atoms with van der Waals surface area (Å²) in [7, 11) is 0. The van der Waals surface area contributed by atoms with Crippen LogP contribution in [-0.4, -0.2) is 42.5 Å². The van der Waals surface area contributed by atoms with E-state index in [4.69, 9.17) is 9.47 Å². The van der Waals surface area contributed by atoms with E-state index >= 15 is 0 Å². The van der Waals surface area contributed by atoms with Crippen LogP contribution in [0.5, 0.6) is 11.5 Å². The van der Waals surface area contributed by atoms with Crippen molar-refractivity contribution < 1.29 is 14.3 Å². The SMILES string of the molecule is CC(C)(C(=O)c1ccc2c(c1)Cc1ccccc1O2)N1CCOCC1. The zero-order valence-electron chi connectivity index (χ0n) is 14.7. The smallest absolute Gasteiger partial charge is 0.182 e. The molecule has 2 aromatic rings. The van der Waals surface area contributed by atoms with Gasteiger partial charge in [0.15, 0.2) is 5.78 Å². The van der Waals surface area contributed by atoms with E-state index < -0.39 is 5.54 Å². The maximum Gasteiger partial charge on any atom is 0.182 e. The van der Waals surface area contributed by atoms with Crippen molar-refractivity contribution in [2.75, 3.05) is 26.3 Å². The predicted molar refractivity (Wildman–Crippen MR) is 96.6 cm³/mol. The molecule has 0 spiro atoms. The minimum atomic E-state index is -0.536. The molecule has 2 aliphatic heterocycles. The van der Waals surface area contributed by atoms with Gasteiger partial charge in [0.1, 0.15) is 11.5 Å². The number of ether oxygens (including phenoxy) is 2. The number of carbonyl (C=O) groups excluding carboxylic acids is 1. The lowest BCUT2D eigenvalue weighted by atomic mass is 9.89. The van der Waals surface area contributed by atoms with Crippen LogP contribution in [0.25, 0.3) is 0 Å². The second-order valence-corrected chi connectivity index (χ2v) is 7.20. The number of ketones is 1. The van der Waals surface area contributed by atoms with Gasteiger partial charge in [-0.3, -0.25) is 9.69 Å². The van der Waals surface area contributed by atoms with Gasteiger partial charge in [-0.2, -0.15) is 0 Å². The first-order valence-corrected chi connectivity index (χ1v) is 8.82. The zero-order chi connectivity index (χ0) is 17.4. The molecule has 25 heavy (non-hydrogen) atoms. The van der Waals surface area contributed by atoms with Crippen molar-refractivity contribution in [1.29, 1.82) is 0 Å². The third kappa shape index (κ3) is 2.96. The molecule has 0 aromatic heterocycles. The van der Waals surface area contributed by atoms with Gasteiger partial charge in [0.25, 0.3) is 0 Å². The molecule has 4 rings (SSSR count). The maximum absolute atomic E-state index is 13.2. The van der Waals surface area contributed by atoms with Crippen LogP contribution in [0.1, 0.15) is 35.3 Å². The van der Waals surface area contributed by atoms with Crippen molar-refractivity contribution in [3.63, 3.8) is 0 Å². The number of carbonyl (C=O) groups is 1. The predicted octanol–water partition coefficient (Wildman–Crippen LogP) is 3.68. The Balaban J connectivity index is 1.61. The lowest BCUT2D eigenvalue weighted by Crippen LogP contribution is -2.54. The fourth-order valence-corrected chi connectivity index (χ4v) is 3.65. The number of nitrogens with zero attached hydrogens (tertiary/aromatic N) is 1.